The highest BCUT2D eigenvalue weighted by atomic mass is 28.4. The minimum Gasteiger partial charge on any atom is -0.394 e. The number of nitrogens with two attached hydrogens (primary N) is 1. The Bertz CT molecular complexity index is 186. The summed E-state index contributed by atoms with van der Waals surface area (Å²) in [5.74, 6) is 0. The number of hydrogen-bond acceptors (Lipinski definition) is 4. The molecule has 0 aromatic heterocycles. The highest BCUT2D eigenvalue weighted by Crippen LogP contribution is 2.16. The van der Waals surface area contributed by atoms with Gasteiger partial charge in [0.15, 0.2) is 0 Å². The lowest BCUT2D eigenvalue weighted by molar-refractivity contribution is 0.172. The van der Waals surface area contributed by atoms with Crippen molar-refractivity contribution in [3.05, 3.63) is 0 Å². The molecule has 0 radical (unpaired) electrons. The smallest absolute Gasteiger partial charge is 0.334 e. The minimum atomic E-state index is -1.93. The molecule has 0 heterocycles. The van der Waals surface area contributed by atoms with Crippen LogP contribution in [0.2, 0.25) is 12.6 Å². The molecule has 0 saturated heterocycles. The zero-order chi connectivity index (χ0) is 14.4. The molecule has 5 heteroatoms. The molecule has 0 aliphatic carbocycles. The molecule has 4 nitrogen and oxygen atoms in total. The maximum Gasteiger partial charge on any atom is 0.334 e. The van der Waals surface area contributed by atoms with Gasteiger partial charge in [0.25, 0.3) is 0 Å². The molecule has 0 atom stereocenters. The zero-order valence-electron chi connectivity index (χ0n) is 13.2. The van der Waals surface area contributed by atoms with E-state index in [1.165, 1.54) is 6.42 Å². The van der Waals surface area contributed by atoms with Crippen molar-refractivity contribution in [3.8, 4) is 0 Å². The standard InChI is InChI=1S/C14H34N2O2Si/c1-4-12-17-19(3,18-13-5-2)14-8-11-16-10-7-6-9-15/h16H,4-15H2,1-3H3. The second-order valence-electron chi connectivity index (χ2n) is 5.18. The Morgan fingerprint density at radius 3 is 2.05 bits per heavy atom. The molecule has 19 heavy (non-hydrogen) atoms. The van der Waals surface area contributed by atoms with Crippen LogP contribution in [-0.4, -0.2) is 41.4 Å². The number of nitrogens with one attached hydrogen (secondary N) is 1. The predicted molar refractivity (Wildman–Crippen MR) is 84.7 cm³/mol. The summed E-state index contributed by atoms with van der Waals surface area (Å²) in [7, 11) is -1.93. The molecule has 3 N–H and O–H groups in total. The SMILES string of the molecule is CCCO[Si](C)(CCCNCCCCN)OCCC. The van der Waals surface area contributed by atoms with Crippen LogP contribution in [0.5, 0.6) is 0 Å². The fourth-order valence-electron chi connectivity index (χ4n) is 1.88. The van der Waals surface area contributed by atoms with Gasteiger partial charge >= 0.3 is 8.56 Å². The van der Waals surface area contributed by atoms with Crippen molar-refractivity contribution in [2.45, 2.75) is 58.5 Å². The fraction of sp³-hybridized carbons (Fsp3) is 1.00. The lowest BCUT2D eigenvalue weighted by atomic mass is 10.3. The van der Waals surface area contributed by atoms with E-state index in [2.05, 4.69) is 25.7 Å². The van der Waals surface area contributed by atoms with Crippen molar-refractivity contribution in [3.63, 3.8) is 0 Å². The third kappa shape index (κ3) is 11.6. The second kappa shape index (κ2) is 13.1. The molecule has 0 aliphatic heterocycles. The molecule has 0 bridgehead atoms. The maximum atomic E-state index is 6.00. The van der Waals surface area contributed by atoms with Gasteiger partial charge in [0, 0.05) is 13.2 Å². The highest BCUT2D eigenvalue weighted by Gasteiger charge is 2.30. The molecule has 0 aromatic rings. The zero-order valence-corrected chi connectivity index (χ0v) is 14.2. The third-order valence-electron chi connectivity index (χ3n) is 3.02. The summed E-state index contributed by atoms with van der Waals surface area (Å²) >= 11 is 0. The fourth-order valence-corrected chi connectivity index (χ4v) is 4.34. The molecular formula is C14H34N2O2Si. The Morgan fingerprint density at radius 1 is 0.947 bits per heavy atom. The first-order valence-electron chi connectivity index (χ1n) is 7.87. The number of rotatable bonds is 14. The highest BCUT2D eigenvalue weighted by molar-refractivity contribution is 6.66. The van der Waals surface area contributed by atoms with Crippen LogP contribution in [-0.2, 0) is 8.85 Å². The maximum absolute atomic E-state index is 6.00. The van der Waals surface area contributed by atoms with E-state index in [1.54, 1.807) is 0 Å². The van der Waals surface area contributed by atoms with Crippen molar-refractivity contribution >= 4 is 8.56 Å². The third-order valence-corrected chi connectivity index (χ3v) is 5.91. The van der Waals surface area contributed by atoms with Crippen LogP contribution >= 0.6 is 0 Å². The van der Waals surface area contributed by atoms with Gasteiger partial charge in [0.1, 0.15) is 0 Å². The van der Waals surface area contributed by atoms with Gasteiger partial charge in [-0.15, -0.1) is 0 Å². The molecule has 0 aliphatic rings. The first kappa shape index (κ1) is 19.1. The van der Waals surface area contributed by atoms with E-state index in [4.69, 9.17) is 14.6 Å². The van der Waals surface area contributed by atoms with Crippen molar-refractivity contribution in [1.82, 2.24) is 5.32 Å². The average molecular weight is 291 g/mol. The summed E-state index contributed by atoms with van der Waals surface area (Å²) in [6.07, 6.45) is 5.55. The van der Waals surface area contributed by atoms with E-state index in [9.17, 15) is 0 Å². The van der Waals surface area contributed by atoms with E-state index >= 15 is 0 Å². The topological polar surface area (TPSA) is 56.5 Å². The summed E-state index contributed by atoms with van der Waals surface area (Å²) in [6.45, 7) is 11.1. The van der Waals surface area contributed by atoms with E-state index in [-0.39, 0.29) is 0 Å². The van der Waals surface area contributed by atoms with Crippen LogP contribution in [0.4, 0.5) is 0 Å². The Kier molecular flexibility index (Phi) is 13.1. The summed E-state index contributed by atoms with van der Waals surface area (Å²) in [5, 5.41) is 3.46. The summed E-state index contributed by atoms with van der Waals surface area (Å²) in [6, 6.07) is 1.08. The van der Waals surface area contributed by atoms with E-state index in [0.29, 0.717) is 0 Å². The Hall–Kier alpha value is 0.0569. The van der Waals surface area contributed by atoms with Gasteiger partial charge in [0.05, 0.1) is 0 Å². The van der Waals surface area contributed by atoms with Crippen LogP contribution in [0, 0.1) is 0 Å². The van der Waals surface area contributed by atoms with Crippen LogP contribution in [0.25, 0.3) is 0 Å². The largest absolute Gasteiger partial charge is 0.394 e. The summed E-state index contributed by atoms with van der Waals surface area (Å²) < 4.78 is 12.0. The van der Waals surface area contributed by atoms with E-state index in [0.717, 1.165) is 64.6 Å². The Labute approximate surface area is 120 Å². The molecule has 0 rings (SSSR count). The first-order chi connectivity index (χ1) is 9.18. The Morgan fingerprint density at radius 2 is 1.53 bits per heavy atom. The van der Waals surface area contributed by atoms with Gasteiger partial charge in [-0.3, -0.25) is 0 Å². The van der Waals surface area contributed by atoms with Crippen molar-refractivity contribution in [2.24, 2.45) is 5.73 Å². The molecule has 0 aromatic carbocycles. The van der Waals surface area contributed by atoms with Gasteiger partial charge in [-0.05, 0) is 64.3 Å². The van der Waals surface area contributed by atoms with Gasteiger partial charge in [0.2, 0.25) is 0 Å². The molecule has 0 saturated carbocycles. The molecule has 0 unspecified atom stereocenters. The summed E-state index contributed by atoms with van der Waals surface area (Å²) in [4.78, 5) is 0. The normalized spacial score (nSPS) is 12.0. The molecular weight excluding hydrogens is 256 g/mol. The molecule has 0 amide bonds. The summed E-state index contributed by atoms with van der Waals surface area (Å²) in [5.41, 5.74) is 5.46. The van der Waals surface area contributed by atoms with Crippen molar-refractivity contribution < 1.29 is 8.85 Å². The molecule has 0 fully saturated rings. The van der Waals surface area contributed by atoms with Gasteiger partial charge in [-0.2, -0.15) is 0 Å². The lowest BCUT2D eigenvalue weighted by Gasteiger charge is -2.27. The predicted octanol–water partition coefficient (Wildman–Crippen LogP) is 2.63. The molecule has 116 valence electrons. The average Bonchev–Trinajstić information content (AvgIpc) is 2.42. The quantitative estimate of drug-likeness (QED) is 0.381. The lowest BCUT2D eigenvalue weighted by Crippen LogP contribution is -2.40. The van der Waals surface area contributed by atoms with Crippen LogP contribution in [0.15, 0.2) is 0 Å². The van der Waals surface area contributed by atoms with Crippen LogP contribution < -0.4 is 11.1 Å². The van der Waals surface area contributed by atoms with Crippen molar-refractivity contribution in [1.29, 1.82) is 0 Å². The first-order valence-corrected chi connectivity index (χ1v) is 10.4. The van der Waals surface area contributed by atoms with Gasteiger partial charge < -0.3 is 19.9 Å². The number of unbranched alkanes of at least 4 members (excludes halogenated alkanes) is 1. The van der Waals surface area contributed by atoms with E-state index < -0.39 is 8.56 Å². The van der Waals surface area contributed by atoms with Gasteiger partial charge in [-0.1, -0.05) is 13.8 Å². The van der Waals surface area contributed by atoms with Crippen LogP contribution in [0.1, 0.15) is 46.0 Å². The molecule has 0 spiro atoms. The number of hydrogen-bond donors (Lipinski definition) is 2. The van der Waals surface area contributed by atoms with Gasteiger partial charge in [-0.25, -0.2) is 0 Å². The van der Waals surface area contributed by atoms with E-state index in [1.807, 2.05) is 0 Å². The van der Waals surface area contributed by atoms with Crippen molar-refractivity contribution in [2.75, 3.05) is 32.8 Å². The van der Waals surface area contributed by atoms with Crippen LogP contribution in [0.3, 0.4) is 0 Å². The minimum absolute atomic E-state index is 0.794. The Balaban J connectivity index is 3.72. The second-order valence-corrected chi connectivity index (χ2v) is 8.53. The monoisotopic (exact) mass is 290 g/mol.